The number of halogens is 4. The van der Waals surface area contributed by atoms with E-state index in [9.17, 15) is 31.2 Å². The molecule has 1 N–H and O–H groups in total. The number of carbonyl (C=O) groups is 2. The van der Waals surface area contributed by atoms with Crippen LogP contribution in [0.3, 0.4) is 0 Å². The van der Waals surface area contributed by atoms with E-state index in [-0.39, 0.29) is 29.6 Å². The van der Waals surface area contributed by atoms with Crippen molar-refractivity contribution in [3.8, 4) is 0 Å². The van der Waals surface area contributed by atoms with Crippen molar-refractivity contribution in [2.24, 2.45) is 0 Å². The second-order valence-corrected chi connectivity index (χ2v) is 12.1. The van der Waals surface area contributed by atoms with Gasteiger partial charge in [0, 0.05) is 17.6 Å². The zero-order valence-electron chi connectivity index (χ0n) is 23.4. The van der Waals surface area contributed by atoms with Crippen LogP contribution in [0.4, 0.5) is 18.9 Å². The zero-order valence-corrected chi connectivity index (χ0v) is 25.0. The Morgan fingerprint density at radius 3 is 2.14 bits per heavy atom. The highest BCUT2D eigenvalue weighted by Crippen LogP contribution is 2.33. The number of carbonyl (C=O) groups excluding carboxylic acids is 2. The fourth-order valence-corrected chi connectivity index (χ4v) is 5.79. The molecule has 0 bridgehead atoms. The van der Waals surface area contributed by atoms with E-state index in [1.165, 1.54) is 35.2 Å². The second-order valence-electron chi connectivity index (χ2n) is 9.76. The van der Waals surface area contributed by atoms with E-state index in [1.807, 2.05) is 13.8 Å². The Morgan fingerprint density at radius 1 is 0.929 bits per heavy atom. The van der Waals surface area contributed by atoms with Gasteiger partial charge in [-0.3, -0.25) is 13.9 Å². The van der Waals surface area contributed by atoms with E-state index in [2.05, 4.69) is 5.32 Å². The van der Waals surface area contributed by atoms with Crippen molar-refractivity contribution in [2.45, 2.75) is 63.3 Å². The summed E-state index contributed by atoms with van der Waals surface area (Å²) in [5.41, 5.74) is -0.789. The lowest BCUT2D eigenvalue weighted by atomic mass is 10.1. The van der Waals surface area contributed by atoms with Crippen molar-refractivity contribution in [3.63, 3.8) is 0 Å². The van der Waals surface area contributed by atoms with Crippen LogP contribution in [0.15, 0.2) is 83.8 Å². The number of alkyl halides is 3. The van der Waals surface area contributed by atoms with Crippen molar-refractivity contribution in [1.82, 2.24) is 10.2 Å². The van der Waals surface area contributed by atoms with Crippen LogP contribution in [0.1, 0.15) is 44.7 Å². The molecule has 0 aromatic heterocycles. The standard InChI is InChI=1S/C30H33ClF3N3O4S/c1-4-21(3)35-29(39)27(5-2)36(19-22-14-16-24(31)17-15-22)28(38)20-37(42(40,41)26-12-7-6-8-13-26)25-11-9-10-23(18-25)30(32,33)34/h6-18,21,27H,4-5,19-20H2,1-3H3,(H,35,39)/t21-,27-/m0/s1. The van der Waals surface area contributed by atoms with Gasteiger partial charge >= 0.3 is 6.18 Å². The Bertz CT molecular complexity index is 1470. The molecule has 0 fully saturated rings. The van der Waals surface area contributed by atoms with E-state index in [0.717, 1.165) is 12.1 Å². The van der Waals surface area contributed by atoms with Gasteiger partial charge < -0.3 is 10.2 Å². The smallest absolute Gasteiger partial charge is 0.352 e. The fraction of sp³-hybridized carbons (Fsp3) is 0.333. The van der Waals surface area contributed by atoms with Gasteiger partial charge in [-0.2, -0.15) is 13.2 Å². The summed E-state index contributed by atoms with van der Waals surface area (Å²) in [4.78, 5) is 28.3. The largest absolute Gasteiger partial charge is 0.416 e. The highest BCUT2D eigenvalue weighted by Gasteiger charge is 2.36. The van der Waals surface area contributed by atoms with Crippen LogP contribution in [0, 0.1) is 0 Å². The van der Waals surface area contributed by atoms with Gasteiger partial charge in [0.15, 0.2) is 0 Å². The molecule has 0 spiro atoms. The van der Waals surface area contributed by atoms with Gasteiger partial charge in [0.25, 0.3) is 10.0 Å². The van der Waals surface area contributed by atoms with Gasteiger partial charge in [0.1, 0.15) is 12.6 Å². The number of benzene rings is 3. The third kappa shape index (κ3) is 8.25. The van der Waals surface area contributed by atoms with Crippen LogP contribution in [-0.4, -0.2) is 43.8 Å². The number of amides is 2. The maximum atomic E-state index is 14.0. The van der Waals surface area contributed by atoms with Crippen LogP contribution >= 0.6 is 11.6 Å². The molecule has 0 unspecified atom stereocenters. The third-order valence-corrected chi connectivity index (χ3v) is 8.76. The Kier molecular flexibility index (Phi) is 11.0. The Hall–Kier alpha value is -3.57. The molecule has 3 aromatic rings. The van der Waals surface area contributed by atoms with Crippen LogP contribution in [-0.2, 0) is 32.3 Å². The number of hydrogen-bond acceptors (Lipinski definition) is 4. The zero-order chi connectivity index (χ0) is 31.1. The number of rotatable bonds is 12. The van der Waals surface area contributed by atoms with Crippen molar-refractivity contribution in [1.29, 1.82) is 0 Å². The van der Waals surface area contributed by atoms with Gasteiger partial charge in [-0.1, -0.05) is 61.8 Å². The predicted octanol–water partition coefficient (Wildman–Crippen LogP) is 6.28. The number of nitrogens with zero attached hydrogens (tertiary/aromatic N) is 2. The summed E-state index contributed by atoms with van der Waals surface area (Å²) >= 11 is 6.02. The molecular weight excluding hydrogens is 591 g/mol. The topological polar surface area (TPSA) is 86.8 Å². The summed E-state index contributed by atoms with van der Waals surface area (Å²) in [6, 6.07) is 16.3. The molecule has 12 heteroatoms. The summed E-state index contributed by atoms with van der Waals surface area (Å²) in [5, 5.41) is 3.33. The molecule has 3 rings (SSSR count). The molecule has 0 aliphatic rings. The molecule has 226 valence electrons. The third-order valence-electron chi connectivity index (χ3n) is 6.72. The fourth-order valence-electron chi connectivity index (χ4n) is 4.23. The van der Waals surface area contributed by atoms with Gasteiger partial charge in [0.05, 0.1) is 16.1 Å². The van der Waals surface area contributed by atoms with E-state index < -0.39 is 46.2 Å². The van der Waals surface area contributed by atoms with Crippen LogP contribution in [0.25, 0.3) is 0 Å². The molecule has 7 nitrogen and oxygen atoms in total. The molecule has 42 heavy (non-hydrogen) atoms. The molecule has 0 aliphatic carbocycles. The minimum Gasteiger partial charge on any atom is -0.352 e. The molecule has 0 radical (unpaired) electrons. The summed E-state index contributed by atoms with van der Waals surface area (Å²) in [7, 11) is -4.50. The van der Waals surface area contributed by atoms with Crippen LogP contribution in [0.5, 0.6) is 0 Å². The SMILES string of the molecule is CC[C@H](C)NC(=O)[C@H](CC)N(Cc1ccc(Cl)cc1)C(=O)CN(c1cccc(C(F)(F)F)c1)S(=O)(=O)c1ccccc1. The van der Waals surface area contributed by atoms with Crippen molar-refractivity contribution < 1.29 is 31.2 Å². The molecule has 0 saturated carbocycles. The quantitative estimate of drug-likeness (QED) is 0.257. The molecular formula is C30H33ClF3N3O4S. The second kappa shape index (κ2) is 14.1. The molecule has 3 aromatic carbocycles. The highest BCUT2D eigenvalue weighted by molar-refractivity contribution is 7.92. The predicted molar refractivity (Wildman–Crippen MR) is 156 cm³/mol. The van der Waals surface area contributed by atoms with Gasteiger partial charge in [0.2, 0.25) is 11.8 Å². The first kappa shape index (κ1) is 32.9. The average Bonchev–Trinajstić information content (AvgIpc) is 2.96. The van der Waals surface area contributed by atoms with E-state index >= 15 is 0 Å². The lowest BCUT2D eigenvalue weighted by Gasteiger charge is -2.34. The number of anilines is 1. The molecule has 2 amide bonds. The van der Waals surface area contributed by atoms with E-state index in [4.69, 9.17) is 11.6 Å². The summed E-state index contributed by atoms with van der Waals surface area (Å²) in [6.07, 6.45) is -3.90. The minimum absolute atomic E-state index is 0.0652. The normalized spacial score (nSPS) is 13.2. The minimum atomic E-state index is -4.75. The Labute approximate surface area is 249 Å². The maximum Gasteiger partial charge on any atom is 0.416 e. The first-order valence-corrected chi connectivity index (χ1v) is 15.2. The van der Waals surface area contributed by atoms with Gasteiger partial charge in [-0.15, -0.1) is 0 Å². The van der Waals surface area contributed by atoms with Gasteiger partial charge in [-0.25, -0.2) is 8.42 Å². The van der Waals surface area contributed by atoms with E-state index in [1.54, 1.807) is 37.3 Å². The summed E-state index contributed by atoms with van der Waals surface area (Å²) in [6.45, 7) is 4.51. The lowest BCUT2D eigenvalue weighted by Crippen LogP contribution is -2.53. The number of sulfonamides is 1. The molecule has 0 aliphatic heterocycles. The highest BCUT2D eigenvalue weighted by atomic mass is 35.5. The molecule has 2 atom stereocenters. The first-order valence-electron chi connectivity index (χ1n) is 13.4. The van der Waals surface area contributed by atoms with Crippen LogP contribution < -0.4 is 9.62 Å². The van der Waals surface area contributed by atoms with Gasteiger partial charge in [-0.05, 0) is 67.8 Å². The number of hydrogen-bond donors (Lipinski definition) is 1. The Balaban J connectivity index is 2.10. The summed E-state index contributed by atoms with van der Waals surface area (Å²) < 4.78 is 69.0. The van der Waals surface area contributed by atoms with Crippen LogP contribution in [0.2, 0.25) is 5.02 Å². The van der Waals surface area contributed by atoms with Crippen molar-refractivity contribution in [3.05, 3.63) is 95.0 Å². The molecule has 0 saturated heterocycles. The number of nitrogens with one attached hydrogen (secondary N) is 1. The van der Waals surface area contributed by atoms with E-state index in [0.29, 0.717) is 27.4 Å². The monoisotopic (exact) mass is 623 g/mol. The Morgan fingerprint density at radius 2 is 1.57 bits per heavy atom. The first-order chi connectivity index (χ1) is 19.8. The van der Waals surface area contributed by atoms with Crippen molar-refractivity contribution in [2.75, 3.05) is 10.8 Å². The lowest BCUT2D eigenvalue weighted by molar-refractivity contribution is -0.140. The average molecular weight is 624 g/mol. The van der Waals surface area contributed by atoms with Crippen molar-refractivity contribution >= 4 is 39.1 Å². The maximum absolute atomic E-state index is 14.0. The molecule has 0 heterocycles. The summed E-state index contributed by atoms with van der Waals surface area (Å²) in [5.74, 6) is -1.20.